The number of ether oxygens (including phenoxy) is 1. The summed E-state index contributed by atoms with van der Waals surface area (Å²) in [7, 11) is 0. The van der Waals surface area contributed by atoms with E-state index in [0.29, 0.717) is 6.04 Å². The van der Waals surface area contributed by atoms with Crippen LogP contribution in [-0.4, -0.2) is 12.6 Å². The summed E-state index contributed by atoms with van der Waals surface area (Å²) in [6.45, 7) is 7.29. The number of rotatable bonds is 9. The topological polar surface area (TPSA) is 35.2 Å². The fourth-order valence-corrected chi connectivity index (χ4v) is 2.24. The van der Waals surface area contributed by atoms with Gasteiger partial charge in [-0.3, -0.25) is 0 Å². The molecule has 2 N–H and O–H groups in total. The Labute approximate surface area is 118 Å². The van der Waals surface area contributed by atoms with Crippen molar-refractivity contribution in [2.24, 2.45) is 5.73 Å². The van der Waals surface area contributed by atoms with Gasteiger partial charge in [0.05, 0.1) is 6.61 Å². The lowest BCUT2D eigenvalue weighted by molar-refractivity contribution is 0.317. The predicted octanol–water partition coefficient (Wildman–Crippen LogP) is 4.10. The molecule has 19 heavy (non-hydrogen) atoms. The summed E-state index contributed by atoms with van der Waals surface area (Å²) < 4.78 is 5.69. The maximum atomic E-state index is 5.97. The van der Waals surface area contributed by atoms with Gasteiger partial charge in [-0.1, -0.05) is 26.8 Å². The van der Waals surface area contributed by atoms with E-state index in [1.165, 1.54) is 17.5 Å². The van der Waals surface area contributed by atoms with Crippen molar-refractivity contribution in [2.45, 2.75) is 65.3 Å². The van der Waals surface area contributed by atoms with E-state index in [-0.39, 0.29) is 0 Å². The first-order valence-electron chi connectivity index (χ1n) is 7.71. The maximum Gasteiger partial charge on any atom is 0.119 e. The van der Waals surface area contributed by atoms with Crippen molar-refractivity contribution in [3.63, 3.8) is 0 Å². The van der Waals surface area contributed by atoms with Gasteiger partial charge >= 0.3 is 0 Å². The summed E-state index contributed by atoms with van der Waals surface area (Å²) in [5.74, 6) is 1.01. The van der Waals surface area contributed by atoms with Crippen molar-refractivity contribution in [3.05, 3.63) is 29.3 Å². The molecule has 1 aromatic carbocycles. The molecule has 0 amide bonds. The van der Waals surface area contributed by atoms with Crippen LogP contribution in [-0.2, 0) is 12.8 Å². The van der Waals surface area contributed by atoms with Crippen LogP contribution >= 0.6 is 0 Å². The van der Waals surface area contributed by atoms with E-state index in [1.807, 2.05) is 0 Å². The molecule has 0 saturated carbocycles. The normalized spacial score (nSPS) is 12.4. The van der Waals surface area contributed by atoms with Crippen molar-refractivity contribution in [2.75, 3.05) is 6.61 Å². The van der Waals surface area contributed by atoms with Crippen LogP contribution in [0.25, 0.3) is 0 Å². The molecule has 0 aliphatic rings. The highest BCUT2D eigenvalue weighted by molar-refractivity contribution is 5.35. The van der Waals surface area contributed by atoms with Gasteiger partial charge in [0.25, 0.3) is 0 Å². The van der Waals surface area contributed by atoms with Crippen LogP contribution in [0.4, 0.5) is 0 Å². The minimum Gasteiger partial charge on any atom is -0.494 e. The van der Waals surface area contributed by atoms with Gasteiger partial charge in [-0.15, -0.1) is 0 Å². The first-order valence-corrected chi connectivity index (χ1v) is 7.71. The van der Waals surface area contributed by atoms with E-state index in [1.54, 1.807) is 0 Å². The van der Waals surface area contributed by atoms with E-state index in [9.17, 15) is 0 Å². The van der Waals surface area contributed by atoms with Gasteiger partial charge in [-0.2, -0.15) is 0 Å². The number of aryl methyl sites for hydroxylation is 2. The Morgan fingerprint density at radius 3 is 2.58 bits per heavy atom. The molecular weight excluding hydrogens is 234 g/mol. The van der Waals surface area contributed by atoms with Crippen LogP contribution < -0.4 is 10.5 Å². The summed E-state index contributed by atoms with van der Waals surface area (Å²) in [5, 5.41) is 0. The zero-order valence-electron chi connectivity index (χ0n) is 12.7. The van der Waals surface area contributed by atoms with Gasteiger partial charge in [0.15, 0.2) is 0 Å². The van der Waals surface area contributed by atoms with Crippen molar-refractivity contribution in [1.82, 2.24) is 0 Å². The van der Waals surface area contributed by atoms with Gasteiger partial charge in [0.1, 0.15) is 5.75 Å². The molecule has 0 heterocycles. The highest BCUT2D eigenvalue weighted by Gasteiger charge is 2.05. The third-order valence-electron chi connectivity index (χ3n) is 3.58. The minimum atomic E-state index is 0.359. The van der Waals surface area contributed by atoms with Crippen molar-refractivity contribution in [3.8, 4) is 5.75 Å². The van der Waals surface area contributed by atoms with Crippen molar-refractivity contribution >= 4 is 0 Å². The number of nitrogens with two attached hydrogens (primary N) is 1. The first kappa shape index (κ1) is 16.0. The van der Waals surface area contributed by atoms with E-state index < -0.39 is 0 Å². The van der Waals surface area contributed by atoms with Crippen LogP contribution in [0.3, 0.4) is 0 Å². The number of hydrogen-bond acceptors (Lipinski definition) is 2. The second-order valence-corrected chi connectivity index (χ2v) is 5.19. The Bertz CT molecular complexity index is 362. The zero-order chi connectivity index (χ0) is 14.1. The summed E-state index contributed by atoms with van der Waals surface area (Å²) in [4.78, 5) is 0. The first-order chi connectivity index (χ1) is 9.21. The highest BCUT2D eigenvalue weighted by Crippen LogP contribution is 2.21. The molecule has 0 radical (unpaired) electrons. The van der Waals surface area contributed by atoms with Crippen LogP contribution in [0.2, 0.25) is 0 Å². The summed E-state index contributed by atoms with van der Waals surface area (Å²) in [6, 6.07) is 6.88. The van der Waals surface area contributed by atoms with Crippen molar-refractivity contribution < 1.29 is 4.74 Å². The molecule has 0 aliphatic carbocycles. The second-order valence-electron chi connectivity index (χ2n) is 5.19. The fraction of sp³-hybridized carbons (Fsp3) is 0.647. The van der Waals surface area contributed by atoms with E-state index in [0.717, 1.165) is 44.5 Å². The summed E-state index contributed by atoms with van der Waals surface area (Å²) >= 11 is 0. The molecule has 2 heteroatoms. The lowest BCUT2D eigenvalue weighted by atomic mass is 9.98. The van der Waals surface area contributed by atoms with Crippen LogP contribution in [0, 0.1) is 0 Å². The second kappa shape index (κ2) is 8.98. The number of benzene rings is 1. The lowest BCUT2D eigenvalue weighted by Crippen LogP contribution is -2.18. The van der Waals surface area contributed by atoms with Crippen LogP contribution in [0.1, 0.15) is 57.6 Å². The molecule has 0 bridgehead atoms. The van der Waals surface area contributed by atoms with Gasteiger partial charge in [0.2, 0.25) is 0 Å². The Kier molecular flexibility index (Phi) is 7.57. The van der Waals surface area contributed by atoms with E-state index in [4.69, 9.17) is 10.5 Å². The number of hydrogen-bond donors (Lipinski definition) is 1. The molecular formula is C17H29NO. The molecule has 1 atom stereocenters. The largest absolute Gasteiger partial charge is 0.494 e. The maximum absolute atomic E-state index is 5.97. The molecule has 0 spiro atoms. The quantitative estimate of drug-likeness (QED) is 0.728. The molecule has 1 unspecified atom stereocenters. The van der Waals surface area contributed by atoms with Gasteiger partial charge < -0.3 is 10.5 Å². The van der Waals surface area contributed by atoms with E-state index in [2.05, 4.69) is 39.0 Å². The minimum absolute atomic E-state index is 0.359. The molecule has 1 aromatic rings. The summed E-state index contributed by atoms with van der Waals surface area (Å²) in [5.41, 5.74) is 8.84. The van der Waals surface area contributed by atoms with Gasteiger partial charge in [-0.25, -0.2) is 0 Å². The monoisotopic (exact) mass is 263 g/mol. The SMILES string of the molecule is CCCOc1ccc(CCCC(N)CC)c(CC)c1. The molecule has 1 rings (SSSR count). The lowest BCUT2D eigenvalue weighted by Gasteiger charge is -2.13. The Morgan fingerprint density at radius 2 is 1.95 bits per heavy atom. The van der Waals surface area contributed by atoms with Gasteiger partial charge in [0, 0.05) is 6.04 Å². The van der Waals surface area contributed by atoms with Crippen molar-refractivity contribution in [1.29, 1.82) is 0 Å². The zero-order valence-corrected chi connectivity index (χ0v) is 12.7. The van der Waals surface area contributed by atoms with Crippen LogP contribution in [0.15, 0.2) is 18.2 Å². The Morgan fingerprint density at radius 1 is 1.16 bits per heavy atom. The Balaban J connectivity index is 2.57. The highest BCUT2D eigenvalue weighted by atomic mass is 16.5. The standard InChI is InChI=1S/C17H29NO/c1-4-12-19-17-11-10-15(14(5-2)13-17)8-7-9-16(18)6-3/h10-11,13,16H,4-9,12,18H2,1-3H3. The molecule has 0 saturated heterocycles. The van der Waals surface area contributed by atoms with Crippen LogP contribution in [0.5, 0.6) is 5.75 Å². The molecule has 0 aromatic heterocycles. The predicted molar refractivity (Wildman–Crippen MR) is 82.8 cm³/mol. The van der Waals surface area contributed by atoms with Gasteiger partial charge in [-0.05, 0) is 61.8 Å². The molecule has 0 aliphatic heterocycles. The average molecular weight is 263 g/mol. The average Bonchev–Trinajstić information content (AvgIpc) is 2.45. The third-order valence-corrected chi connectivity index (χ3v) is 3.58. The smallest absolute Gasteiger partial charge is 0.119 e. The molecule has 108 valence electrons. The molecule has 0 fully saturated rings. The third kappa shape index (κ3) is 5.65. The Hall–Kier alpha value is -1.02. The summed E-state index contributed by atoms with van der Waals surface area (Å²) in [6.07, 6.45) is 6.62. The molecule has 2 nitrogen and oxygen atoms in total. The van der Waals surface area contributed by atoms with E-state index >= 15 is 0 Å². The fourth-order valence-electron chi connectivity index (χ4n) is 2.24.